The maximum Gasteiger partial charge on any atom is 0.286 e. The van der Waals surface area contributed by atoms with Gasteiger partial charge in [0.1, 0.15) is 11.5 Å². The molecule has 0 radical (unpaired) electrons. The predicted octanol–water partition coefficient (Wildman–Crippen LogP) is 3.01. The Bertz CT molecular complexity index is 564. The van der Waals surface area contributed by atoms with Crippen LogP contribution in [0.3, 0.4) is 0 Å². The standard InChI is InChI=1S/C15H20N2O3/c1-4-5-8-16-15(18)14-7-6-12(19-14)9-13-10(2)17-20-11(13)3/h6-7H,4-5,8-9H2,1-3H3,(H,16,18). The Balaban J connectivity index is 2.00. The number of unbranched alkanes of at least 4 members (excludes halogenated alkanes) is 1. The molecule has 5 nitrogen and oxygen atoms in total. The largest absolute Gasteiger partial charge is 0.456 e. The molecule has 0 saturated heterocycles. The first-order valence-corrected chi connectivity index (χ1v) is 6.90. The molecule has 0 saturated carbocycles. The van der Waals surface area contributed by atoms with Crippen molar-refractivity contribution < 1.29 is 13.7 Å². The molecule has 20 heavy (non-hydrogen) atoms. The molecule has 0 bridgehead atoms. The van der Waals surface area contributed by atoms with Crippen LogP contribution in [0.5, 0.6) is 0 Å². The van der Waals surface area contributed by atoms with Gasteiger partial charge in [-0.3, -0.25) is 4.79 Å². The monoisotopic (exact) mass is 276 g/mol. The Kier molecular flexibility index (Phi) is 4.61. The molecule has 1 amide bonds. The second kappa shape index (κ2) is 6.41. The number of hydrogen-bond acceptors (Lipinski definition) is 4. The number of aryl methyl sites for hydroxylation is 2. The van der Waals surface area contributed by atoms with E-state index >= 15 is 0 Å². The molecular formula is C15H20N2O3. The Morgan fingerprint density at radius 1 is 1.35 bits per heavy atom. The average Bonchev–Trinajstić information content (AvgIpc) is 3.01. The van der Waals surface area contributed by atoms with Crippen LogP contribution < -0.4 is 5.32 Å². The maximum absolute atomic E-state index is 11.8. The Hall–Kier alpha value is -2.04. The zero-order chi connectivity index (χ0) is 14.5. The summed E-state index contributed by atoms with van der Waals surface area (Å²) in [5.41, 5.74) is 1.87. The van der Waals surface area contributed by atoms with Crippen LogP contribution >= 0.6 is 0 Å². The van der Waals surface area contributed by atoms with Crippen LogP contribution in [0.15, 0.2) is 21.1 Å². The van der Waals surface area contributed by atoms with Crippen molar-refractivity contribution in [2.75, 3.05) is 6.54 Å². The third-order valence-electron chi connectivity index (χ3n) is 3.23. The second-order valence-corrected chi connectivity index (χ2v) is 4.85. The van der Waals surface area contributed by atoms with Crippen molar-refractivity contribution in [3.63, 3.8) is 0 Å². The first kappa shape index (κ1) is 14.4. The van der Waals surface area contributed by atoms with Crippen molar-refractivity contribution in [1.82, 2.24) is 10.5 Å². The van der Waals surface area contributed by atoms with Crippen molar-refractivity contribution >= 4 is 5.91 Å². The van der Waals surface area contributed by atoms with Crippen molar-refractivity contribution in [1.29, 1.82) is 0 Å². The lowest BCUT2D eigenvalue weighted by Gasteiger charge is -2.01. The van der Waals surface area contributed by atoms with Gasteiger partial charge in [0.05, 0.1) is 5.69 Å². The number of carbonyl (C=O) groups excluding carboxylic acids is 1. The zero-order valence-electron chi connectivity index (χ0n) is 12.2. The number of amides is 1. The SMILES string of the molecule is CCCCNC(=O)c1ccc(Cc2c(C)noc2C)o1. The topological polar surface area (TPSA) is 68.3 Å². The number of nitrogens with zero attached hydrogens (tertiary/aromatic N) is 1. The summed E-state index contributed by atoms with van der Waals surface area (Å²) in [6, 6.07) is 3.52. The number of furan rings is 1. The lowest BCUT2D eigenvalue weighted by atomic mass is 10.1. The van der Waals surface area contributed by atoms with Crippen molar-refractivity contribution in [3.8, 4) is 0 Å². The fourth-order valence-corrected chi connectivity index (χ4v) is 1.99. The average molecular weight is 276 g/mol. The Morgan fingerprint density at radius 2 is 2.15 bits per heavy atom. The minimum absolute atomic E-state index is 0.163. The summed E-state index contributed by atoms with van der Waals surface area (Å²) in [5, 5.41) is 6.74. The molecule has 0 aliphatic heterocycles. The van der Waals surface area contributed by atoms with Crippen LogP contribution in [0.2, 0.25) is 0 Å². The highest BCUT2D eigenvalue weighted by molar-refractivity contribution is 5.91. The molecule has 2 aromatic rings. The summed E-state index contributed by atoms with van der Waals surface area (Å²) in [6.07, 6.45) is 2.61. The summed E-state index contributed by atoms with van der Waals surface area (Å²) < 4.78 is 10.7. The van der Waals surface area contributed by atoms with E-state index in [0.717, 1.165) is 35.6 Å². The first-order chi connectivity index (χ1) is 9.61. The number of aromatic nitrogens is 1. The molecule has 5 heteroatoms. The van der Waals surface area contributed by atoms with Crippen molar-refractivity contribution in [2.24, 2.45) is 0 Å². The fraction of sp³-hybridized carbons (Fsp3) is 0.467. The number of hydrogen-bond donors (Lipinski definition) is 1. The summed E-state index contributed by atoms with van der Waals surface area (Å²) in [6.45, 7) is 6.53. The number of rotatable bonds is 6. The molecule has 0 aliphatic carbocycles. The van der Waals surface area contributed by atoms with Crippen molar-refractivity contribution in [3.05, 3.63) is 40.7 Å². The van der Waals surface area contributed by atoms with E-state index in [1.807, 2.05) is 19.9 Å². The molecule has 0 aromatic carbocycles. The van der Waals surface area contributed by atoms with E-state index in [9.17, 15) is 4.79 Å². The molecule has 2 aromatic heterocycles. The Labute approximate surface area is 118 Å². The van der Waals surface area contributed by atoms with E-state index < -0.39 is 0 Å². The molecule has 0 atom stereocenters. The van der Waals surface area contributed by atoms with Crippen molar-refractivity contribution in [2.45, 2.75) is 40.0 Å². The highest BCUT2D eigenvalue weighted by atomic mass is 16.5. The van der Waals surface area contributed by atoms with Gasteiger partial charge in [-0.2, -0.15) is 0 Å². The first-order valence-electron chi connectivity index (χ1n) is 6.90. The third-order valence-corrected chi connectivity index (χ3v) is 3.23. The zero-order valence-corrected chi connectivity index (χ0v) is 12.2. The van der Waals surface area contributed by atoms with Gasteiger partial charge in [0, 0.05) is 18.5 Å². The summed E-state index contributed by atoms with van der Waals surface area (Å²) in [4.78, 5) is 11.8. The van der Waals surface area contributed by atoms with E-state index in [1.165, 1.54) is 0 Å². The molecule has 0 fully saturated rings. The predicted molar refractivity (Wildman–Crippen MR) is 74.7 cm³/mol. The number of nitrogens with one attached hydrogen (secondary N) is 1. The van der Waals surface area contributed by atoms with Crippen LogP contribution in [0.1, 0.15) is 53.1 Å². The van der Waals surface area contributed by atoms with Gasteiger partial charge < -0.3 is 14.3 Å². The smallest absolute Gasteiger partial charge is 0.286 e. The molecule has 2 heterocycles. The minimum Gasteiger partial charge on any atom is -0.456 e. The van der Waals surface area contributed by atoms with Gasteiger partial charge in [0.2, 0.25) is 0 Å². The third kappa shape index (κ3) is 3.29. The van der Waals surface area contributed by atoms with Gasteiger partial charge in [-0.15, -0.1) is 0 Å². The van der Waals surface area contributed by atoms with Gasteiger partial charge in [0.15, 0.2) is 5.76 Å². The quantitative estimate of drug-likeness (QED) is 0.823. The lowest BCUT2D eigenvalue weighted by Crippen LogP contribution is -2.23. The van der Waals surface area contributed by atoms with Gasteiger partial charge in [0.25, 0.3) is 5.91 Å². The minimum atomic E-state index is -0.163. The van der Waals surface area contributed by atoms with Gasteiger partial charge >= 0.3 is 0 Å². The van der Waals surface area contributed by atoms with Crippen LogP contribution in [-0.4, -0.2) is 17.6 Å². The molecule has 108 valence electrons. The molecule has 2 rings (SSSR count). The van der Waals surface area contributed by atoms with Crippen LogP contribution in [-0.2, 0) is 6.42 Å². The fourth-order valence-electron chi connectivity index (χ4n) is 1.99. The van der Waals surface area contributed by atoms with E-state index in [4.69, 9.17) is 8.94 Å². The van der Waals surface area contributed by atoms with E-state index in [0.29, 0.717) is 18.7 Å². The molecule has 0 aliphatic rings. The molecular weight excluding hydrogens is 256 g/mol. The van der Waals surface area contributed by atoms with E-state index in [-0.39, 0.29) is 5.91 Å². The van der Waals surface area contributed by atoms with Crippen LogP contribution in [0.25, 0.3) is 0 Å². The second-order valence-electron chi connectivity index (χ2n) is 4.85. The highest BCUT2D eigenvalue weighted by Crippen LogP contribution is 2.19. The molecule has 0 spiro atoms. The van der Waals surface area contributed by atoms with Gasteiger partial charge in [-0.05, 0) is 32.4 Å². The number of carbonyl (C=O) groups is 1. The highest BCUT2D eigenvalue weighted by Gasteiger charge is 2.14. The Morgan fingerprint density at radius 3 is 2.80 bits per heavy atom. The maximum atomic E-state index is 11.8. The summed E-state index contributed by atoms with van der Waals surface area (Å²) in [7, 11) is 0. The van der Waals surface area contributed by atoms with Crippen LogP contribution in [0.4, 0.5) is 0 Å². The van der Waals surface area contributed by atoms with Gasteiger partial charge in [-0.25, -0.2) is 0 Å². The lowest BCUT2D eigenvalue weighted by molar-refractivity contribution is 0.0924. The summed E-state index contributed by atoms with van der Waals surface area (Å²) >= 11 is 0. The van der Waals surface area contributed by atoms with Crippen LogP contribution in [0, 0.1) is 13.8 Å². The van der Waals surface area contributed by atoms with Gasteiger partial charge in [-0.1, -0.05) is 18.5 Å². The summed E-state index contributed by atoms with van der Waals surface area (Å²) in [5.74, 6) is 1.71. The van der Waals surface area contributed by atoms with E-state index in [1.54, 1.807) is 6.07 Å². The molecule has 0 unspecified atom stereocenters. The normalized spacial score (nSPS) is 10.8. The molecule has 1 N–H and O–H groups in total. The van der Waals surface area contributed by atoms with E-state index in [2.05, 4.69) is 17.4 Å².